The van der Waals surface area contributed by atoms with Crippen LogP contribution in [0.4, 0.5) is 14.7 Å². The average molecular weight is 274 g/mol. The quantitative estimate of drug-likeness (QED) is 0.767. The van der Waals surface area contributed by atoms with E-state index in [4.69, 9.17) is 5.73 Å². The van der Waals surface area contributed by atoms with Gasteiger partial charge in [0, 0.05) is 12.4 Å². The third kappa shape index (κ3) is 2.18. The molecule has 0 amide bonds. The first-order chi connectivity index (χ1) is 9.63. The summed E-state index contributed by atoms with van der Waals surface area (Å²) in [5.74, 6) is -1.28. The van der Waals surface area contributed by atoms with E-state index in [0.717, 1.165) is 18.2 Å². The van der Waals surface area contributed by atoms with Gasteiger partial charge in [0.25, 0.3) is 5.95 Å². The summed E-state index contributed by atoms with van der Waals surface area (Å²) in [6.45, 7) is 0. The van der Waals surface area contributed by atoms with Crippen LogP contribution in [0, 0.1) is 11.6 Å². The Balaban J connectivity index is 2.17. The van der Waals surface area contributed by atoms with E-state index in [1.807, 2.05) is 0 Å². The van der Waals surface area contributed by atoms with Gasteiger partial charge >= 0.3 is 0 Å². The molecule has 2 heterocycles. The van der Waals surface area contributed by atoms with Crippen LogP contribution in [0.3, 0.4) is 0 Å². The van der Waals surface area contributed by atoms with E-state index in [0.29, 0.717) is 0 Å². The topological polar surface area (TPSA) is 82.5 Å². The van der Waals surface area contributed by atoms with Gasteiger partial charge in [-0.1, -0.05) is 0 Å². The van der Waals surface area contributed by atoms with Crippen LogP contribution in [0.25, 0.3) is 17.3 Å². The molecule has 1 aromatic carbocycles. The maximum atomic E-state index is 13.7. The zero-order valence-corrected chi connectivity index (χ0v) is 10.0. The van der Waals surface area contributed by atoms with Gasteiger partial charge in [0.05, 0.1) is 5.56 Å². The van der Waals surface area contributed by atoms with Crippen LogP contribution in [0.5, 0.6) is 0 Å². The highest BCUT2D eigenvalue weighted by Gasteiger charge is 2.13. The Labute approximate surface area is 111 Å². The molecule has 0 aliphatic heterocycles. The van der Waals surface area contributed by atoms with Crippen LogP contribution in [-0.2, 0) is 0 Å². The van der Waals surface area contributed by atoms with E-state index in [2.05, 4.69) is 20.1 Å². The minimum Gasteiger partial charge on any atom is -0.368 e. The maximum Gasteiger partial charge on any atom is 0.255 e. The Morgan fingerprint density at radius 1 is 1.10 bits per heavy atom. The summed E-state index contributed by atoms with van der Waals surface area (Å²) in [7, 11) is 0. The van der Waals surface area contributed by atoms with E-state index in [9.17, 15) is 8.78 Å². The smallest absolute Gasteiger partial charge is 0.255 e. The van der Waals surface area contributed by atoms with Gasteiger partial charge in [0.2, 0.25) is 5.95 Å². The number of hydrogen-bond donors (Lipinski definition) is 1. The molecule has 20 heavy (non-hydrogen) atoms. The second-order valence-electron chi connectivity index (χ2n) is 3.89. The standard InChI is InChI=1S/C12H8F2N6/c13-7-2-3-9(14)8(6-7)10-17-11(15)19-12(18-10)20-5-1-4-16-20/h1-6H,(H2,15,17,18,19). The van der Waals surface area contributed by atoms with Crippen molar-refractivity contribution in [2.75, 3.05) is 5.73 Å². The fourth-order valence-corrected chi connectivity index (χ4v) is 1.66. The molecule has 2 aromatic heterocycles. The molecule has 0 aliphatic rings. The first kappa shape index (κ1) is 12.2. The van der Waals surface area contributed by atoms with Crippen LogP contribution >= 0.6 is 0 Å². The molecule has 0 saturated heterocycles. The maximum absolute atomic E-state index is 13.7. The van der Waals surface area contributed by atoms with E-state index in [1.54, 1.807) is 12.3 Å². The van der Waals surface area contributed by atoms with Gasteiger partial charge in [0.15, 0.2) is 5.82 Å². The number of nitrogen functional groups attached to an aromatic ring is 1. The molecule has 0 unspecified atom stereocenters. The summed E-state index contributed by atoms with van der Waals surface area (Å²) in [4.78, 5) is 11.8. The van der Waals surface area contributed by atoms with Gasteiger partial charge in [-0.25, -0.2) is 13.5 Å². The van der Waals surface area contributed by atoms with Crippen molar-refractivity contribution < 1.29 is 8.78 Å². The van der Waals surface area contributed by atoms with Crippen LogP contribution < -0.4 is 5.73 Å². The number of nitrogens with zero attached hydrogens (tertiary/aromatic N) is 5. The number of anilines is 1. The molecule has 0 radical (unpaired) electrons. The summed E-state index contributed by atoms with van der Waals surface area (Å²) in [6, 6.07) is 4.68. The van der Waals surface area contributed by atoms with Crippen molar-refractivity contribution in [1.82, 2.24) is 24.7 Å². The molecule has 0 bridgehead atoms. The second-order valence-corrected chi connectivity index (χ2v) is 3.89. The van der Waals surface area contributed by atoms with E-state index in [-0.39, 0.29) is 23.3 Å². The van der Waals surface area contributed by atoms with Crippen LogP contribution in [0.1, 0.15) is 0 Å². The van der Waals surface area contributed by atoms with Crippen molar-refractivity contribution in [3.8, 4) is 17.3 Å². The number of benzene rings is 1. The zero-order chi connectivity index (χ0) is 14.1. The summed E-state index contributed by atoms with van der Waals surface area (Å²) in [5.41, 5.74) is 5.48. The van der Waals surface area contributed by atoms with Crippen LogP contribution in [0.15, 0.2) is 36.7 Å². The van der Waals surface area contributed by atoms with Crippen LogP contribution in [0.2, 0.25) is 0 Å². The summed E-state index contributed by atoms with van der Waals surface area (Å²) in [5, 5.41) is 3.94. The normalized spacial score (nSPS) is 10.7. The van der Waals surface area contributed by atoms with Gasteiger partial charge in [0.1, 0.15) is 11.6 Å². The SMILES string of the molecule is Nc1nc(-c2cc(F)ccc2F)nc(-n2cccn2)n1. The molecular weight excluding hydrogens is 266 g/mol. The van der Waals surface area contributed by atoms with Gasteiger partial charge in [-0.15, -0.1) is 0 Å². The minimum absolute atomic E-state index is 0.0556. The Kier molecular flexibility index (Phi) is 2.82. The first-order valence-electron chi connectivity index (χ1n) is 5.60. The average Bonchev–Trinajstić information content (AvgIpc) is 2.95. The van der Waals surface area contributed by atoms with Crippen molar-refractivity contribution >= 4 is 5.95 Å². The van der Waals surface area contributed by atoms with Gasteiger partial charge in [-0.05, 0) is 24.3 Å². The number of aromatic nitrogens is 5. The Bertz CT molecular complexity index is 757. The molecule has 0 fully saturated rings. The molecule has 3 aromatic rings. The third-order valence-electron chi connectivity index (χ3n) is 2.52. The molecule has 0 saturated carbocycles. The van der Waals surface area contributed by atoms with Crippen molar-refractivity contribution in [2.45, 2.75) is 0 Å². The van der Waals surface area contributed by atoms with Gasteiger partial charge < -0.3 is 5.73 Å². The highest BCUT2D eigenvalue weighted by atomic mass is 19.1. The van der Waals surface area contributed by atoms with Gasteiger partial charge in [-0.3, -0.25) is 0 Å². The highest BCUT2D eigenvalue weighted by molar-refractivity contribution is 5.57. The Hall–Kier alpha value is -2.90. The molecule has 0 atom stereocenters. The first-order valence-corrected chi connectivity index (χ1v) is 5.60. The van der Waals surface area contributed by atoms with Crippen molar-refractivity contribution in [1.29, 1.82) is 0 Å². The Morgan fingerprint density at radius 2 is 1.95 bits per heavy atom. The van der Waals surface area contributed by atoms with Crippen LogP contribution in [-0.4, -0.2) is 24.7 Å². The van der Waals surface area contributed by atoms with E-state index in [1.165, 1.54) is 10.9 Å². The molecule has 2 N–H and O–H groups in total. The minimum atomic E-state index is -0.650. The number of rotatable bonds is 2. The molecule has 100 valence electrons. The largest absolute Gasteiger partial charge is 0.368 e. The number of nitrogens with two attached hydrogens (primary N) is 1. The fourth-order valence-electron chi connectivity index (χ4n) is 1.66. The molecule has 6 nitrogen and oxygen atoms in total. The third-order valence-corrected chi connectivity index (χ3v) is 2.52. The lowest BCUT2D eigenvalue weighted by Crippen LogP contribution is -2.08. The summed E-state index contributed by atoms with van der Waals surface area (Å²) < 4.78 is 28.3. The predicted octanol–water partition coefficient (Wildman–Crippen LogP) is 1.58. The number of halogens is 2. The summed E-state index contributed by atoms with van der Waals surface area (Å²) in [6.07, 6.45) is 3.13. The Morgan fingerprint density at radius 3 is 2.70 bits per heavy atom. The lowest BCUT2D eigenvalue weighted by Gasteiger charge is -2.05. The molecule has 8 heteroatoms. The van der Waals surface area contributed by atoms with Crippen molar-refractivity contribution in [3.05, 3.63) is 48.3 Å². The molecule has 0 aliphatic carbocycles. The monoisotopic (exact) mass is 274 g/mol. The highest BCUT2D eigenvalue weighted by Crippen LogP contribution is 2.21. The van der Waals surface area contributed by atoms with E-state index >= 15 is 0 Å². The van der Waals surface area contributed by atoms with Crippen molar-refractivity contribution in [2.24, 2.45) is 0 Å². The second kappa shape index (κ2) is 4.65. The number of hydrogen-bond acceptors (Lipinski definition) is 5. The molecule has 0 spiro atoms. The predicted molar refractivity (Wildman–Crippen MR) is 66.7 cm³/mol. The lowest BCUT2D eigenvalue weighted by atomic mass is 10.2. The summed E-state index contributed by atoms with van der Waals surface area (Å²) >= 11 is 0. The van der Waals surface area contributed by atoms with E-state index < -0.39 is 11.6 Å². The van der Waals surface area contributed by atoms with Gasteiger partial charge in [-0.2, -0.15) is 20.1 Å². The fraction of sp³-hybridized carbons (Fsp3) is 0. The molecular formula is C12H8F2N6. The lowest BCUT2D eigenvalue weighted by molar-refractivity contribution is 0.602. The van der Waals surface area contributed by atoms with Crippen molar-refractivity contribution in [3.63, 3.8) is 0 Å². The zero-order valence-electron chi connectivity index (χ0n) is 10.0. The molecule has 3 rings (SSSR count).